The molecule has 3 aliphatic rings. The highest BCUT2D eigenvalue weighted by molar-refractivity contribution is 6.02. The molecule has 0 amide bonds. The van der Waals surface area contributed by atoms with E-state index in [0.29, 0.717) is 30.9 Å². The van der Waals surface area contributed by atoms with E-state index in [9.17, 15) is 35.4 Å². The molecule has 1 aromatic heterocycles. The minimum absolute atomic E-state index is 0. The third-order valence-electron chi connectivity index (χ3n) is 6.85. The Kier molecular flexibility index (Phi) is 35.4. The van der Waals surface area contributed by atoms with Crippen molar-refractivity contribution in [1.29, 1.82) is 0 Å². The summed E-state index contributed by atoms with van der Waals surface area (Å²) in [6.45, 7) is -0.0985. The molecule has 1 saturated carbocycles. The van der Waals surface area contributed by atoms with E-state index in [0.717, 1.165) is 0 Å². The minimum Gasteiger partial charge on any atom is -0.396 e. The van der Waals surface area contributed by atoms with Gasteiger partial charge in [0.1, 0.15) is 42.4 Å². The molecule has 1 saturated heterocycles. The monoisotopic (exact) mass is 732 g/mol. The molecule has 2 fully saturated rings. The molecule has 18 N–H and O–H groups in total. The Morgan fingerprint density at radius 1 is 0.878 bits per heavy atom. The molecule has 0 spiro atoms. The Balaban J connectivity index is -0.000000644. The Hall–Kier alpha value is -2.62. The lowest BCUT2D eigenvalue weighted by Crippen LogP contribution is -2.58. The maximum absolute atomic E-state index is 12.6. The summed E-state index contributed by atoms with van der Waals surface area (Å²) >= 11 is 0. The predicted octanol–water partition coefficient (Wildman–Crippen LogP) is -2.01. The van der Waals surface area contributed by atoms with Crippen molar-refractivity contribution in [1.82, 2.24) is 15.0 Å². The summed E-state index contributed by atoms with van der Waals surface area (Å²) in [6.07, 6.45) is -2.24. The molecule has 292 valence electrons. The van der Waals surface area contributed by atoms with Crippen molar-refractivity contribution in [2.45, 2.75) is 76.5 Å². The van der Waals surface area contributed by atoms with Gasteiger partial charge >= 0.3 is 0 Å². The molecule has 0 aromatic carbocycles. The molecule has 1 aromatic rings. The average molecular weight is 733 g/mol. The van der Waals surface area contributed by atoms with Gasteiger partial charge in [-0.3, -0.25) is 62.4 Å². The SMILES string of the molecule is C.O=C(Cn1cc(COCC2C(O)CC2CO)nn1)C1=CCC(CC2OC(CO)C(O)C(O)C2O)=N1.OO.OO.OO.OO.OO.OOO. The van der Waals surface area contributed by atoms with Crippen LogP contribution in [0, 0.1) is 11.8 Å². The molecule has 0 radical (unpaired) electrons. The number of Topliss-reactive ketones (excluding diaryl/α,β-unsaturated/α-hetero) is 1. The largest absolute Gasteiger partial charge is 0.396 e. The summed E-state index contributed by atoms with van der Waals surface area (Å²) in [5.74, 6) is -0.334. The fourth-order valence-corrected chi connectivity index (χ4v) is 4.61. The standard InChI is InChI=1S/C22H32N4O9.CH4.H2O3.5H2O2/c27-7-11-3-16(29)14(11)10-34-9-13-5-26(25-24-13)6-17(30)15-2-1-12(23-15)4-18-20(31)22(33)21(32)19(8-28)35-18;;1-3-2;5*1-2/h2,5,11,14,16,18-22,27-29,31-33H,1,3-4,6-10H2;1H4;1-2H;5*1-2H. The zero-order valence-corrected chi connectivity index (χ0v) is 24.9. The number of aromatic nitrogens is 3. The Labute approximate surface area is 276 Å². The second kappa shape index (κ2) is 32.6. The molecule has 2 aliphatic heterocycles. The van der Waals surface area contributed by atoms with Crippen LogP contribution in [0.1, 0.15) is 32.4 Å². The van der Waals surface area contributed by atoms with Crippen molar-refractivity contribution < 1.29 is 113 Å². The van der Waals surface area contributed by atoms with Gasteiger partial charge in [-0.05, 0) is 18.4 Å². The van der Waals surface area contributed by atoms with E-state index in [4.69, 9.17) is 72.6 Å². The van der Waals surface area contributed by atoms with E-state index in [1.54, 1.807) is 12.3 Å². The summed E-state index contributed by atoms with van der Waals surface area (Å²) in [5.41, 5.74) is 1.34. The molecule has 49 heavy (non-hydrogen) atoms. The summed E-state index contributed by atoms with van der Waals surface area (Å²) in [5, 5.41) is 142. The fourth-order valence-electron chi connectivity index (χ4n) is 4.61. The number of nitrogens with zero attached hydrogens (tertiary/aromatic N) is 4. The smallest absolute Gasteiger partial charge is 0.202 e. The zero-order valence-electron chi connectivity index (χ0n) is 24.9. The normalized spacial score (nSPS) is 25.9. The molecule has 8 unspecified atom stereocenters. The Morgan fingerprint density at radius 2 is 1.43 bits per heavy atom. The van der Waals surface area contributed by atoms with Crippen LogP contribution < -0.4 is 0 Å². The zero-order chi connectivity index (χ0) is 37.8. The number of allylic oxidation sites excluding steroid dienone is 2. The minimum atomic E-state index is -1.46. The number of rotatable bonds is 11. The molecule has 26 heteroatoms. The highest BCUT2D eigenvalue weighted by atomic mass is 17.4. The first kappa shape index (κ1) is 53.2. The van der Waals surface area contributed by atoms with E-state index in [1.165, 1.54) is 4.68 Å². The van der Waals surface area contributed by atoms with Crippen LogP contribution in [-0.2, 0) is 32.5 Å². The number of carbonyl (C=O) groups excluding carboxylic acids is 1. The second-order valence-electron chi connectivity index (χ2n) is 9.38. The van der Waals surface area contributed by atoms with Crippen LogP contribution in [0.4, 0.5) is 0 Å². The first-order valence-electron chi connectivity index (χ1n) is 13.0. The summed E-state index contributed by atoms with van der Waals surface area (Å²) in [6, 6.07) is 0. The van der Waals surface area contributed by atoms with E-state index in [2.05, 4.69) is 20.3 Å². The van der Waals surface area contributed by atoms with Gasteiger partial charge in [0.15, 0.2) is 0 Å². The number of aliphatic hydroxyl groups excluding tert-OH is 6. The van der Waals surface area contributed by atoms with Gasteiger partial charge in [-0.1, -0.05) is 17.7 Å². The van der Waals surface area contributed by atoms with Crippen molar-refractivity contribution in [3.63, 3.8) is 0 Å². The number of hydrogen-bond acceptors (Lipinski definition) is 25. The van der Waals surface area contributed by atoms with E-state index in [1.807, 2.05) is 0 Å². The van der Waals surface area contributed by atoms with Gasteiger partial charge in [0.25, 0.3) is 0 Å². The van der Waals surface area contributed by atoms with Crippen molar-refractivity contribution in [2.24, 2.45) is 16.8 Å². The Morgan fingerprint density at radius 3 is 1.94 bits per heavy atom. The van der Waals surface area contributed by atoms with Gasteiger partial charge in [0.05, 0.1) is 38.2 Å². The molecule has 0 bridgehead atoms. The quantitative estimate of drug-likeness (QED) is 0.0862. The van der Waals surface area contributed by atoms with Crippen LogP contribution in [0.3, 0.4) is 0 Å². The Bertz CT molecular complexity index is 985. The second-order valence-corrected chi connectivity index (χ2v) is 9.38. The summed E-state index contributed by atoms with van der Waals surface area (Å²) < 4.78 is 12.5. The lowest BCUT2D eigenvalue weighted by atomic mass is 9.72. The first-order valence-corrected chi connectivity index (χ1v) is 13.0. The van der Waals surface area contributed by atoms with Gasteiger partial charge in [0.2, 0.25) is 5.78 Å². The highest BCUT2D eigenvalue weighted by Gasteiger charge is 2.43. The maximum atomic E-state index is 12.6. The first-order chi connectivity index (χ1) is 23.2. The third-order valence-corrected chi connectivity index (χ3v) is 6.85. The lowest BCUT2D eigenvalue weighted by Gasteiger charge is -2.40. The highest BCUT2D eigenvalue weighted by Crippen LogP contribution is 2.34. The van der Waals surface area contributed by atoms with Gasteiger partial charge in [-0.15, -0.1) is 5.10 Å². The van der Waals surface area contributed by atoms with Crippen LogP contribution >= 0.6 is 0 Å². The van der Waals surface area contributed by atoms with Crippen LogP contribution in [0.15, 0.2) is 23.0 Å². The fraction of sp³-hybridized carbons (Fsp3) is 0.739. The van der Waals surface area contributed by atoms with Crippen LogP contribution in [0.5, 0.6) is 0 Å². The number of hydrogen-bond donors (Lipinski definition) is 18. The molecule has 8 atom stereocenters. The van der Waals surface area contributed by atoms with Crippen LogP contribution in [0.25, 0.3) is 0 Å². The van der Waals surface area contributed by atoms with Crippen molar-refractivity contribution in [3.8, 4) is 0 Å². The third kappa shape index (κ3) is 17.7. The number of carbonyl (C=O) groups is 1. The van der Waals surface area contributed by atoms with Crippen molar-refractivity contribution in [2.75, 3.05) is 19.8 Å². The van der Waals surface area contributed by atoms with Crippen LogP contribution in [-0.4, -0.2) is 177 Å². The number of aliphatic imine (C=N–C) groups is 1. The summed E-state index contributed by atoms with van der Waals surface area (Å²) in [4.78, 5) is 17.0. The molecular formula is C23H48N4O22. The molecule has 3 heterocycles. The molecular weight excluding hydrogens is 684 g/mol. The van der Waals surface area contributed by atoms with Gasteiger partial charge in [-0.25, -0.2) is 15.2 Å². The molecule has 4 rings (SSSR count). The maximum Gasteiger partial charge on any atom is 0.202 e. The van der Waals surface area contributed by atoms with Gasteiger partial charge < -0.3 is 40.1 Å². The lowest BCUT2D eigenvalue weighted by molar-refractivity contribution is -0.465. The van der Waals surface area contributed by atoms with Crippen molar-refractivity contribution >= 4 is 11.5 Å². The number of aliphatic hydroxyl groups is 6. The summed E-state index contributed by atoms with van der Waals surface area (Å²) in [7, 11) is 0. The van der Waals surface area contributed by atoms with Crippen LogP contribution in [0.2, 0.25) is 0 Å². The van der Waals surface area contributed by atoms with Gasteiger partial charge in [-0.2, -0.15) is 0 Å². The average Bonchev–Trinajstić information content (AvgIpc) is 3.80. The topological polar surface area (TPSA) is 452 Å². The van der Waals surface area contributed by atoms with E-state index in [-0.39, 0.29) is 56.9 Å². The van der Waals surface area contributed by atoms with Crippen molar-refractivity contribution in [3.05, 3.63) is 23.7 Å². The predicted molar refractivity (Wildman–Crippen MR) is 157 cm³/mol. The number of ether oxygens (including phenoxy) is 2. The van der Waals surface area contributed by atoms with E-state index >= 15 is 0 Å². The molecule has 1 aliphatic carbocycles. The van der Waals surface area contributed by atoms with Gasteiger partial charge in [0, 0.05) is 31.1 Å². The van der Waals surface area contributed by atoms with E-state index < -0.39 is 43.2 Å². The molecule has 26 nitrogen and oxygen atoms in total. The number of ketones is 1.